The van der Waals surface area contributed by atoms with Crippen LogP contribution in [-0.2, 0) is 0 Å². The van der Waals surface area contributed by atoms with Crippen LogP contribution in [0.3, 0.4) is 0 Å². The first-order valence-electron chi connectivity index (χ1n) is 5.13. The fourth-order valence-electron chi connectivity index (χ4n) is 1.72. The Kier molecular flexibility index (Phi) is 1.80. The molecule has 3 rings (SSSR count). The van der Waals surface area contributed by atoms with Crippen LogP contribution in [0.5, 0.6) is 0 Å². The lowest BCUT2D eigenvalue weighted by atomic mass is 10.2. The second kappa shape index (κ2) is 3.15. The van der Waals surface area contributed by atoms with Gasteiger partial charge in [0.05, 0.1) is 12.4 Å². The molecule has 1 N–H and O–H groups in total. The first-order valence-corrected chi connectivity index (χ1v) is 5.13. The van der Waals surface area contributed by atoms with Crippen molar-refractivity contribution in [2.45, 2.75) is 25.8 Å². The maximum Gasteiger partial charge on any atom is 0.199 e. The predicted octanol–water partition coefficient (Wildman–Crippen LogP) is 0.730. The summed E-state index contributed by atoms with van der Waals surface area (Å²) in [6, 6.07) is 0.460. The van der Waals surface area contributed by atoms with Gasteiger partial charge in [0.25, 0.3) is 0 Å². The lowest BCUT2D eigenvalue weighted by Gasteiger charge is -2.13. The molecule has 0 saturated heterocycles. The molecule has 0 bridgehead atoms. The van der Waals surface area contributed by atoms with Gasteiger partial charge in [-0.05, 0) is 36.1 Å². The van der Waals surface area contributed by atoms with Crippen molar-refractivity contribution < 1.29 is 0 Å². The number of hydrogen-bond acceptors (Lipinski definition) is 5. The van der Waals surface area contributed by atoms with Crippen molar-refractivity contribution in [3.05, 3.63) is 12.4 Å². The monoisotopic (exact) mass is 204 g/mol. The van der Waals surface area contributed by atoms with Gasteiger partial charge < -0.3 is 5.32 Å². The third kappa shape index (κ3) is 1.51. The van der Waals surface area contributed by atoms with E-state index in [1.54, 1.807) is 16.9 Å². The number of aromatic nitrogens is 5. The molecule has 1 saturated carbocycles. The summed E-state index contributed by atoms with van der Waals surface area (Å²) in [5.41, 5.74) is 0.669. The molecule has 1 aliphatic rings. The molecule has 15 heavy (non-hydrogen) atoms. The molecule has 0 aliphatic heterocycles. The summed E-state index contributed by atoms with van der Waals surface area (Å²) in [7, 11) is 0. The van der Waals surface area contributed by atoms with Gasteiger partial charge in [-0.15, -0.1) is 5.10 Å². The van der Waals surface area contributed by atoms with Crippen LogP contribution in [0.4, 0.5) is 5.82 Å². The summed E-state index contributed by atoms with van der Waals surface area (Å²) in [6.45, 7) is 2.18. The zero-order valence-corrected chi connectivity index (χ0v) is 8.46. The smallest absolute Gasteiger partial charge is 0.199 e. The van der Waals surface area contributed by atoms with Gasteiger partial charge in [0, 0.05) is 6.04 Å². The zero-order chi connectivity index (χ0) is 10.3. The first-order chi connectivity index (χ1) is 7.34. The summed E-state index contributed by atoms with van der Waals surface area (Å²) in [5.74, 6) is 1.65. The Morgan fingerprint density at radius 3 is 3.13 bits per heavy atom. The van der Waals surface area contributed by atoms with Crippen molar-refractivity contribution in [2.75, 3.05) is 5.32 Å². The summed E-state index contributed by atoms with van der Waals surface area (Å²) < 4.78 is 1.67. The van der Waals surface area contributed by atoms with Crippen LogP contribution in [0, 0.1) is 5.92 Å². The molecule has 1 unspecified atom stereocenters. The molecule has 6 nitrogen and oxygen atoms in total. The number of nitrogens with one attached hydrogen (secondary N) is 1. The SMILES string of the molecule is CC(Nc1cncc2nnnn12)C1CC1. The molecule has 0 amide bonds. The Hall–Kier alpha value is -1.72. The van der Waals surface area contributed by atoms with Crippen LogP contribution in [0.2, 0.25) is 0 Å². The van der Waals surface area contributed by atoms with Gasteiger partial charge in [-0.3, -0.25) is 4.98 Å². The summed E-state index contributed by atoms with van der Waals surface area (Å²) in [6.07, 6.45) is 6.02. The average molecular weight is 204 g/mol. The summed E-state index contributed by atoms with van der Waals surface area (Å²) >= 11 is 0. The molecule has 1 aliphatic carbocycles. The van der Waals surface area contributed by atoms with Crippen molar-refractivity contribution in [3.8, 4) is 0 Å². The first kappa shape index (κ1) is 8.58. The molecule has 78 valence electrons. The number of rotatable bonds is 3. The number of anilines is 1. The molecule has 0 aromatic carbocycles. The van der Waals surface area contributed by atoms with Gasteiger partial charge in [-0.2, -0.15) is 4.52 Å². The van der Waals surface area contributed by atoms with E-state index < -0.39 is 0 Å². The van der Waals surface area contributed by atoms with Gasteiger partial charge in [0.15, 0.2) is 11.5 Å². The molecular weight excluding hydrogens is 192 g/mol. The normalized spacial score (nSPS) is 17.9. The molecule has 0 spiro atoms. The highest BCUT2D eigenvalue weighted by molar-refractivity contribution is 5.44. The molecular formula is C9H12N6. The van der Waals surface area contributed by atoms with E-state index in [-0.39, 0.29) is 0 Å². The van der Waals surface area contributed by atoms with Gasteiger partial charge in [0.1, 0.15) is 0 Å². The summed E-state index contributed by atoms with van der Waals surface area (Å²) in [4.78, 5) is 4.09. The molecule has 6 heteroatoms. The maximum atomic E-state index is 4.09. The Labute approximate surface area is 86.7 Å². The predicted molar refractivity (Wildman–Crippen MR) is 54.4 cm³/mol. The van der Waals surface area contributed by atoms with Crippen molar-refractivity contribution in [1.82, 2.24) is 25.0 Å². The molecule has 2 aromatic rings. The van der Waals surface area contributed by atoms with E-state index in [1.165, 1.54) is 12.8 Å². The van der Waals surface area contributed by atoms with Crippen LogP contribution in [-0.4, -0.2) is 31.1 Å². The van der Waals surface area contributed by atoms with Crippen molar-refractivity contribution in [3.63, 3.8) is 0 Å². The average Bonchev–Trinajstić information content (AvgIpc) is 2.97. The lowest BCUT2D eigenvalue weighted by molar-refractivity contribution is 0.681. The van der Waals surface area contributed by atoms with Gasteiger partial charge >= 0.3 is 0 Å². The molecule has 2 aromatic heterocycles. The molecule has 1 fully saturated rings. The third-order valence-corrected chi connectivity index (χ3v) is 2.81. The molecule has 0 radical (unpaired) electrons. The minimum Gasteiger partial charge on any atom is -0.366 e. The lowest BCUT2D eigenvalue weighted by Crippen LogP contribution is -2.19. The molecule has 2 heterocycles. The van der Waals surface area contributed by atoms with Crippen molar-refractivity contribution in [1.29, 1.82) is 0 Å². The van der Waals surface area contributed by atoms with Crippen LogP contribution in [0.1, 0.15) is 19.8 Å². The highest BCUT2D eigenvalue weighted by Gasteiger charge is 2.28. The topological polar surface area (TPSA) is 68.0 Å². The van der Waals surface area contributed by atoms with E-state index in [1.807, 2.05) is 0 Å². The fourth-order valence-corrected chi connectivity index (χ4v) is 1.72. The Bertz CT molecular complexity index is 474. The van der Waals surface area contributed by atoms with E-state index in [0.29, 0.717) is 11.7 Å². The number of hydrogen-bond donors (Lipinski definition) is 1. The number of fused-ring (bicyclic) bond motifs is 1. The van der Waals surface area contributed by atoms with Gasteiger partial charge in [-0.25, -0.2) is 0 Å². The van der Waals surface area contributed by atoms with E-state index in [4.69, 9.17) is 0 Å². The van der Waals surface area contributed by atoms with E-state index >= 15 is 0 Å². The molecule has 1 atom stereocenters. The van der Waals surface area contributed by atoms with E-state index in [0.717, 1.165) is 11.7 Å². The minimum atomic E-state index is 0.460. The number of nitrogens with zero attached hydrogens (tertiary/aromatic N) is 5. The standard InChI is InChI=1S/C9H12N6/c1-6(7-2-3-7)11-8-4-10-5-9-12-13-14-15(8)9/h4-7,11H,2-3H2,1H3. The van der Waals surface area contributed by atoms with Gasteiger partial charge in [0.2, 0.25) is 0 Å². The zero-order valence-electron chi connectivity index (χ0n) is 8.46. The second-order valence-electron chi connectivity index (χ2n) is 4.01. The maximum absolute atomic E-state index is 4.09. The highest BCUT2D eigenvalue weighted by atomic mass is 15.5. The minimum absolute atomic E-state index is 0.460. The number of tetrazole rings is 1. The largest absolute Gasteiger partial charge is 0.366 e. The third-order valence-electron chi connectivity index (χ3n) is 2.81. The Morgan fingerprint density at radius 1 is 1.47 bits per heavy atom. The second-order valence-corrected chi connectivity index (χ2v) is 4.01. The van der Waals surface area contributed by atoms with Crippen LogP contribution >= 0.6 is 0 Å². The fraction of sp³-hybridized carbons (Fsp3) is 0.556. The quantitative estimate of drug-likeness (QED) is 0.798. The highest BCUT2D eigenvalue weighted by Crippen LogP contribution is 2.33. The van der Waals surface area contributed by atoms with Crippen molar-refractivity contribution in [2.24, 2.45) is 5.92 Å². The van der Waals surface area contributed by atoms with Crippen LogP contribution in [0.25, 0.3) is 5.65 Å². The summed E-state index contributed by atoms with van der Waals surface area (Å²) in [5, 5.41) is 14.8. The van der Waals surface area contributed by atoms with Crippen molar-refractivity contribution >= 4 is 11.5 Å². The van der Waals surface area contributed by atoms with Crippen LogP contribution in [0.15, 0.2) is 12.4 Å². The van der Waals surface area contributed by atoms with Gasteiger partial charge in [-0.1, -0.05) is 0 Å². The Morgan fingerprint density at radius 2 is 2.33 bits per heavy atom. The Balaban J connectivity index is 1.92. The van der Waals surface area contributed by atoms with E-state index in [2.05, 4.69) is 32.7 Å². The van der Waals surface area contributed by atoms with E-state index in [9.17, 15) is 0 Å². The van der Waals surface area contributed by atoms with Crippen LogP contribution < -0.4 is 5.32 Å².